The molecule has 19 heavy (non-hydrogen) atoms. The Bertz CT molecular complexity index is 394. The van der Waals surface area contributed by atoms with Crippen molar-refractivity contribution in [3.8, 4) is 0 Å². The molecule has 0 amide bonds. The fourth-order valence-corrected chi connectivity index (χ4v) is 3.97. The largest absolute Gasteiger partial charge is 0.466 e. The molecule has 2 atom stereocenters. The number of nitrogens with zero attached hydrogens (tertiary/aromatic N) is 3. The molecule has 0 aliphatic carbocycles. The van der Waals surface area contributed by atoms with E-state index in [2.05, 4.69) is 15.0 Å². The fourth-order valence-electron chi connectivity index (χ4n) is 3.97. The van der Waals surface area contributed by atoms with Crippen LogP contribution in [0.5, 0.6) is 0 Å². The van der Waals surface area contributed by atoms with E-state index >= 15 is 0 Å². The highest BCUT2D eigenvalue weighted by Crippen LogP contribution is 2.40. The van der Waals surface area contributed by atoms with E-state index in [1.807, 2.05) is 0 Å². The summed E-state index contributed by atoms with van der Waals surface area (Å²) in [6, 6.07) is 0. The zero-order valence-corrected chi connectivity index (χ0v) is 11.3. The molecule has 0 radical (unpaired) electrons. The lowest BCUT2D eigenvalue weighted by Gasteiger charge is -2.49. The molecule has 4 saturated heterocycles. The second-order valence-corrected chi connectivity index (χ2v) is 6.02. The van der Waals surface area contributed by atoms with E-state index in [0.29, 0.717) is 12.5 Å². The molecule has 0 saturated carbocycles. The summed E-state index contributed by atoms with van der Waals surface area (Å²) in [6.07, 6.45) is 0.746. The number of hydrogen-bond donors (Lipinski definition) is 1. The van der Waals surface area contributed by atoms with Gasteiger partial charge in [-0.05, 0) is 6.42 Å². The average Bonchev–Trinajstić information content (AvgIpc) is 2.57. The molecule has 6 heteroatoms. The molecule has 0 aromatic carbocycles. The third-order valence-corrected chi connectivity index (χ3v) is 4.67. The van der Waals surface area contributed by atoms with Gasteiger partial charge in [0.15, 0.2) is 0 Å². The van der Waals surface area contributed by atoms with Crippen molar-refractivity contribution in [1.29, 1.82) is 0 Å². The number of ether oxygens (including phenoxy) is 1. The third-order valence-electron chi connectivity index (χ3n) is 4.67. The van der Waals surface area contributed by atoms with Gasteiger partial charge in [0.05, 0.1) is 12.3 Å². The quantitative estimate of drug-likeness (QED) is 0.443. The Balaban J connectivity index is 1.81. The van der Waals surface area contributed by atoms with Gasteiger partial charge < -0.3 is 19.7 Å². The van der Waals surface area contributed by atoms with E-state index in [9.17, 15) is 10.0 Å². The Kier molecular flexibility index (Phi) is 3.22. The highest BCUT2D eigenvalue weighted by molar-refractivity contribution is 5.94. The molecule has 106 valence electrons. The van der Waals surface area contributed by atoms with E-state index < -0.39 is 0 Å². The van der Waals surface area contributed by atoms with Gasteiger partial charge in [-0.25, -0.2) is 0 Å². The minimum atomic E-state index is -0.245. The molecular weight excluding hydrogens is 246 g/mol. The summed E-state index contributed by atoms with van der Waals surface area (Å²) >= 11 is 0. The van der Waals surface area contributed by atoms with Crippen molar-refractivity contribution in [2.24, 2.45) is 16.5 Å². The predicted octanol–water partition coefficient (Wildman–Crippen LogP) is 0.0172. The number of piperidine rings is 2. The first-order chi connectivity index (χ1) is 9.13. The van der Waals surface area contributed by atoms with Gasteiger partial charge in [0.25, 0.3) is 0 Å². The standard InChI is InChI=1S/C13H21N3O3/c1-10(17)19-5-2-13-8-15-3-4-16(9-13)7-11(6-15)12(13)14-18/h11,18H,2-9H2,1H3/b14-12+. The molecule has 0 aromatic heterocycles. The average molecular weight is 267 g/mol. The SMILES string of the molecule is CC(=O)OCCC12CN3CCN(CC(C3)/C1=N\O)C2. The van der Waals surface area contributed by atoms with Crippen molar-refractivity contribution >= 4 is 11.7 Å². The summed E-state index contributed by atoms with van der Waals surface area (Å²) in [5.41, 5.74) is 0.788. The van der Waals surface area contributed by atoms with Crippen LogP contribution < -0.4 is 0 Å². The topological polar surface area (TPSA) is 65.4 Å². The van der Waals surface area contributed by atoms with E-state index in [1.54, 1.807) is 0 Å². The summed E-state index contributed by atoms with van der Waals surface area (Å²) in [4.78, 5) is 15.8. The fraction of sp³-hybridized carbons (Fsp3) is 0.846. The van der Waals surface area contributed by atoms with Crippen LogP contribution >= 0.6 is 0 Å². The van der Waals surface area contributed by atoms with Gasteiger partial charge in [-0.2, -0.15) is 0 Å². The Labute approximate surface area is 113 Å². The number of fused-ring (bicyclic) bond motifs is 1. The van der Waals surface area contributed by atoms with Crippen LogP contribution in [-0.4, -0.2) is 72.6 Å². The van der Waals surface area contributed by atoms with Gasteiger partial charge >= 0.3 is 5.97 Å². The van der Waals surface area contributed by atoms with Crippen LogP contribution in [0, 0.1) is 11.3 Å². The lowest BCUT2D eigenvalue weighted by molar-refractivity contribution is -0.141. The maximum absolute atomic E-state index is 10.9. The van der Waals surface area contributed by atoms with Gasteiger partial charge in [0.1, 0.15) is 0 Å². The Morgan fingerprint density at radius 1 is 1.42 bits per heavy atom. The second-order valence-electron chi connectivity index (χ2n) is 6.02. The van der Waals surface area contributed by atoms with Crippen LogP contribution in [0.15, 0.2) is 5.16 Å². The first kappa shape index (κ1) is 12.9. The lowest BCUT2D eigenvalue weighted by Crippen LogP contribution is -2.61. The van der Waals surface area contributed by atoms with Crippen LogP contribution in [0.4, 0.5) is 0 Å². The smallest absolute Gasteiger partial charge is 0.302 e. The predicted molar refractivity (Wildman–Crippen MR) is 69.3 cm³/mol. The molecule has 4 bridgehead atoms. The third kappa shape index (κ3) is 2.23. The van der Waals surface area contributed by atoms with Crippen molar-refractivity contribution in [3.63, 3.8) is 0 Å². The molecule has 4 heterocycles. The van der Waals surface area contributed by atoms with E-state index in [-0.39, 0.29) is 11.4 Å². The Morgan fingerprint density at radius 3 is 2.58 bits per heavy atom. The zero-order chi connectivity index (χ0) is 13.5. The number of esters is 1. The van der Waals surface area contributed by atoms with Gasteiger partial charge in [-0.3, -0.25) is 4.79 Å². The molecule has 2 unspecified atom stereocenters. The van der Waals surface area contributed by atoms with E-state index in [4.69, 9.17) is 4.74 Å². The highest BCUT2D eigenvalue weighted by Gasteiger charge is 2.52. The number of oxime groups is 1. The number of hydrogen-bond acceptors (Lipinski definition) is 6. The summed E-state index contributed by atoms with van der Waals surface area (Å²) < 4.78 is 5.10. The van der Waals surface area contributed by atoms with Crippen LogP contribution in [0.2, 0.25) is 0 Å². The van der Waals surface area contributed by atoms with Gasteiger partial charge in [-0.1, -0.05) is 5.16 Å². The molecule has 4 rings (SSSR count). The molecule has 4 aliphatic rings. The Morgan fingerprint density at radius 2 is 2.05 bits per heavy atom. The van der Waals surface area contributed by atoms with Gasteiger partial charge in [0, 0.05) is 57.5 Å². The maximum atomic E-state index is 10.9. The second kappa shape index (κ2) is 4.76. The molecule has 4 aliphatic heterocycles. The van der Waals surface area contributed by atoms with Crippen LogP contribution in [0.1, 0.15) is 13.3 Å². The van der Waals surface area contributed by atoms with Crippen molar-refractivity contribution in [2.45, 2.75) is 13.3 Å². The van der Waals surface area contributed by atoms with E-state index in [0.717, 1.165) is 51.4 Å². The molecule has 4 fully saturated rings. The lowest BCUT2D eigenvalue weighted by atomic mass is 9.69. The van der Waals surface area contributed by atoms with Gasteiger partial charge in [-0.15, -0.1) is 0 Å². The maximum Gasteiger partial charge on any atom is 0.302 e. The highest BCUT2D eigenvalue weighted by atomic mass is 16.5. The van der Waals surface area contributed by atoms with Crippen LogP contribution in [0.3, 0.4) is 0 Å². The van der Waals surface area contributed by atoms with Crippen molar-refractivity contribution in [2.75, 3.05) is 45.9 Å². The van der Waals surface area contributed by atoms with Crippen LogP contribution in [-0.2, 0) is 9.53 Å². The number of carbonyl (C=O) groups excluding carboxylic acids is 1. The molecule has 0 spiro atoms. The first-order valence-corrected chi connectivity index (χ1v) is 6.93. The number of rotatable bonds is 3. The summed E-state index contributed by atoms with van der Waals surface area (Å²) in [5, 5.41) is 13.0. The molecule has 1 N–H and O–H groups in total. The van der Waals surface area contributed by atoms with Crippen LogP contribution in [0.25, 0.3) is 0 Å². The summed E-state index contributed by atoms with van der Waals surface area (Å²) in [6.45, 7) is 7.83. The first-order valence-electron chi connectivity index (χ1n) is 6.93. The molecule has 0 aromatic rings. The monoisotopic (exact) mass is 267 g/mol. The number of carbonyl (C=O) groups is 1. The minimum Gasteiger partial charge on any atom is -0.466 e. The normalized spacial score (nSPS) is 42.4. The van der Waals surface area contributed by atoms with Gasteiger partial charge in [0.2, 0.25) is 0 Å². The van der Waals surface area contributed by atoms with Crippen molar-refractivity contribution < 1.29 is 14.7 Å². The summed E-state index contributed by atoms with van der Waals surface area (Å²) in [5.74, 6) is 0.0815. The summed E-state index contributed by atoms with van der Waals surface area (Å²) in [7, 11) is 0. The molecule has 6 nitrogen and oxygen atoms in total. The Hall–Kier alpha value is -1.14. The zero-order valence-electron chi connectivity index (χ0n) is 11.3. The van der Waals surface area contributed by atoms with Crippen molar-refractivity contribution in [3.05, 3.63) is 0 Å². The van der Waals surface area contributed by atoms with Crippen molar-refractivity contribution in [1.82, 2.24) is 9.80 Å². The molecular formula is C13H21N3O3. The minimum absolute atomic E-state index is 0.137. The van der Waals surface area contributed by atoms with E-state index in [1.165, 1.54) is 6.92 Å².